The third kappa shape index (κ3) is 2.51. The van der Waals surface area contributed by atoms with Crippen molar-refractivity contribution in [3.05, 3.63) is 35.1 Å². The van der Waals surface area contributed by atoms with Crippen LogP contribution in [0, 0.1) is 12.7 Å². The standard InChI is InChI=1S/C10H12BrFO/c1-6-5-8(3-4-9(6)12)10(13)7(2)11/h3-5,7,10,13H,1-2H3. The van der Waals surface area contributed by atoms with Crippen LogP contribution in [0.15, 0.2) is 18.2 Å². The van der Waals surface area contributed by atoms with Gasteiger partial charge in [0, 0.05) is 4.83 Å². The maximum absolute atomic E-state index is 12.9. The molecule has 0 saturated heterocycles. The first-order valence-corrected chi connectivity index (χ1v) is 5.02. The average Bonchev–Trinajstić information content (AvgIpc) is 2.08. The van der Waals surface area contributed by atoms with Gasteiger partial charge >= 0.3 is 0 Å². The van der Waals surface area contributed by atoms with Gasteiger partial charge in [0.2, 0.25) is 0 Å². The Hall–Kier alpha value is -0.410. The Morgan fingerprint density at radius 2 is 2.08 bits per heavy atom. The zero-order valence-electron chi connectivity index (χ0n) is 7.59. The minimum Gasteiger partial charge on any atom is -0.387 e. The summed E-state index contributed by atoms with van der Waals surface area (Å²) in [6.07, 6.45) is -0.584. The number of aliphatic hydroxyl groups excluding tert-OH is 1. The van der Waals surface area contributed by atoms with Crippen LogP contribution in [0.25, 0.3) is 0 Å². The lowest BCUT2D eigenvalue weighted by Crippen LogP contribution is -2.08. The van der Waals surface area contributed by atoms with Crippen molar-refractivity contribution in [2.75, 3.05) is 0 Å². The van der Waals surface area contributed by atoms with Crippen LogP contribution in [0.3, 0.4) is 0 Å². The molecule has 1 N–H and O–H groups in total. The maximum Gasteiger partial charge on any atom is 0.126 e. The first-order valence-electron chi connectivity index (χ1n) is 4.10. The summed E-state index contributed by atoms with van der Waals surface area (Å²) in [5.74, 6) is -0.238. The van der Waals surface area contributed by atoms with Gasteiger partial charge in [-0.2, -0.15) is 0 Å². The molecule has 0 spiro atoms. The van der Waals surface area contributed by atoms with Gasteiger partial charge in [0.05, 0.1) is 6.10 Å². The minimum absolute atomic E-state index is 0.0302. The number of benzene rings is 1. The highest BCUT2D eigenvalue weighted by Gasteiger charge is 2.13. The molecule has 0 amide bonds. The van der Waals surface area contributed by atoms with Crippen molar-refractivity contribution in [2.45, 2.75) is 24.8 Å². The molecule has 1 aromatic carbocycles. The van der Waals surface area contributed by atoms with Crippen molar-refractivity contribution in [3.8, 4) is 0 Å². The molecule has 0 aliphatic carbocycles. The maximum atomic E-state index is 12.9. The fraction of sp³-hybridized carbons (Fsp3) is 0.400. The molecule has 13 heavy (non-hydrogen) atoms. The topological polar surface area (TPSA) is 20.2 Å². The van der Waals surface area contributed by atoms with Gasteiger partial charge in [-0.15, -0.1) is 0 Å². The number of hydrogen-bond donors (Lipinski definition) is 1. The number of aliphatic hydroxyl groups is 1. The summed E-state index contributed by atoms with van der Waals surface area (Å²) in [7, 11) is 0. The second-order valence-electron chi connectivity index (χ2n) is 3.13. The summed E-state index contributed by atoms with van der Waals surface area (Å²) >= 11 is 3.28. The predicted octanol–water partition coefficient (Wildman–Crippen LogP) is 2.95. The Balaban J connectivity index is 2.97. The van der Waals surface area contributed by atoms with Gasteiger partial charge < -0.3 is 5.11 Å². The Labute approximate surface area is 85.7 Å². The molecule has 1 rings (SSSR count). The molecule has 0 aromatic heterocycles. The minimum atomic E-state index is -0.584. The van der Waals surface area contributed by atoms with Gasteiger partial charge in [0.25, 0.3) is 0 Å². The third-order valence-electron chi connectivity index (χ3n) is 1.96. The highest BCUT2D eigenvalue weighted by Crippen LogP contribution is 2.23. The highest BCUT2D eigenvalue weighted by molar-refractivity contribution is 9.09. The zero-order valence-corrected chi connectivity index (χ0v) is 9.18. The SMILES string of the molecule is Cc1cc(C(O)C(C)Br)ccc1F. The van der Waals surface area contributed by atoms with Crippen LogP contribution in [0.5, 0.6) is 0 Å². The van der Waals surface area contributed by atoms with Crippen molar-refractivity contribution in [3.63, 3.8) is 0 Å². The van der Waals surface area contributed by atoms with Crippen LogP contribution < -0.4 is 0 Å². The molecule has 0 saturated carbocycles. The molecule has 0 aliphatic rings. The number of hydrogen-bond acceptors (Lipinski definition) is 1. The van der Waals surface area contributed by atoms with E-state index in [-0.39, 0.29) is 10.6 Å². The Bertz CT molecular complexity index is 299. The summed E-state index contributed by atoms with van der Waals surface area (Å²) < 4.78 is 12.9. The summed E-state index contributed by atoms with van der Waals surface area (Å²) in [5, 5.41) is 9.64. The van der Waals surface area contributed by atoms with E-state index in [1.165, 1.54) is 6.07 Å². The van der Waals surface area contributed by atoms with E-state index in [1.807, 2.05) is 6.92 Å². The number of rotatable bonds is 2. The molecule has 0 heterocycles. The van der Waals surface area contributed by atoms with Gasteiger partial charge in [-0.25, -0.2) is 4.39 Å². The van der Waals surface area contributed by atoms with Gasteiger partial charge in [0.15, 0.2) is 0 Å². The van der Waals surface area contributed by atoms with Crippen molar-refractivity contribution in [1.82, 2.24) is 0 Å². The molecule has 0 bridgehead atoms. The van der Waals surface area contributed by atoms with Crippen LogP contribution in [-0.4, -0.2) is 9.93 Å². The number of alkyl halides is 1. The lowest BCUT2D eigenvalue weighted by molar-refractivity contribution is 0.181. The fourth-order valence-corrected chi connectivity index (χ4v) is 1.42. The molecule has 2 atom stereocenters. The summed E-state index contributed by atoms with van der Waals surface area (Å²) in [6.45, 7) is 3.54. The second-order valence-corrected chi connectivity index (χ2v) is 4.58. The second kappa shape index (κ2) is 4.20. The van der Waals surface area contributed by atoms with Gasteiger partial charge in [-0.1, -0.05) is 28.1 Å². The molecule has 1 nitrogen and oxygen atoms in total. The van der Waals surface area contributed by atoms with E-state index < -0.39 is 6.10 Å². The van der Waals surface area contributed by atoms with Crippen LogP contribution in [-0.2, 0) is 0 Å². The van der Waals surface area contributed by atoms with E-state index >= 15 is 0 Å². The quantitative estimate of drug-likeness (QED) is 0.796. The Morgan fingerprint density at radius 1 is 1.46 bits per heavy atom. The normalized spacial score (nSPS) is 15.5. The Kier molecular flexibility index (Phi) is 3.45. The molecule has 3 heteroatoms. The molecule has 72 valence electrons. The largest absolute Gasteiger partial charge is 0.387 e. The van der Waals surface area contributed by atoms with E-state index in [0.29, 0.717) is 5.56 Å². The van der Waals surface area contributed by atoms with Crippen LogP contribution in [0.1, 0.15) is 24.2 Å². The predicted molar refractivity (Wildman–Crippen MR) is 54.5 cm³/mol. The smallest absolute Gasteiger partial charge is 0.126 e. The van der Waals surface area contributed by atoms with Crippen molar-refractivity contribution < 1.29 is 9.50 Å². The van der Waals surface area contributed by atoms with E-state index in [0.717, 1.165) is 5.56 Å². The number of aryl methyl sites for hydroxylation is 1. The van der Waals surface area contributed by atoms with Crippen LogP contribution in [0.4, 0.5) is 4.39 Å². The molecule has 1 aromatic rings. The van der Waals surface area contributed by atoms with E-state index in [9.17, 15) is 9.50 Å². The first-order chi connectivity index (χ1) is 6.02. The van der Waals surface area contributed by atoms with Crippen molar-refractivity contribution in [2.24, 2.45) is 0 Å². The van der Waals surface area contributed by atoms with Crippen molar-refractivity contribution >= 4 is 15.9 Å². The molecule has 0 aliphatic heterocycles. The van der Waals surface area contributed by atoms with Crippen molar-refractivity contribution in [1.29, 1.82) is 0 Å². The summed E-state index contributed by atoms with van der Waals surface area (Å²) in [4.78, 5) is -0.0302. The molecule has 0 fully saturated rings. The molecular formula is C10H12BrFO. The number of halogens is 2. The van der Waals surface area contributed by atoms with Gasteiger partial charge in [0.1, 0.15) is 5.82 Å². The summed E-state index contributed by atoms with van der Waals surface area (Å²) in [5.41, 5.74) is 1.30. The van der Waals surface area contributed by atoms with E-state index in [1.54, 1.807) is 19.1 Å². The van der Waals surface area contributed by atoms with E-state index in [2.05, 4.69) is 15.9 Å². The van der Waals surface area contributed by atoms with Crippen LogP contribution >= 0.6 is 15.9 Å². The van der Waals surface area contributed by atoms with E-state index in [4.69, 9.17) is 0 Å². The molecular weight excluding hydrogens is 235 g/mol. The zero-order chi connectivity index (χ0) is 10.0. The highest BCUT2D eigenvalue weighted by atomic mass is 79.9. The lowest BCUT2D eigenvalue weighted by atomic mass is 10.0. The molecule has 2 unspecified atom stereocenters. The molecule has 0 radical (unpaired) electrons. The van der Waals surface area contributed by atoms with Gasteiger partial charge in [-0.3, -0.25) is 0 Å². The van der Waals surface area contributed by atoms with Crippen LogP contribution in [0.2, 0.25) is 0 Å². The summed E-state index contributed by atoms with van der Waals surface area (Å²) in [6, 6.07) is 4.64. The average molecular weight is 247 g/mol. The fourth-order valence-electron chi connectivity index (χ4n) is 1.12. The third-order valence-corrected chi connectivity index (χ3v) is 2.46. The monoisotopic (exact) mass is 246 g/mol. The van der Waals surface area contributed by atoms with Gasteiger partial charge in [-0.05, 0) is 31.0 Å². The lowest BCUT2D eigenvalue weighted by Gasteiger charge is -2.13. The first kappa shape index (κ1) is 10.7. The Morgan fingerprint density at radius 3 is 2.54 bits per heavy atom.